The second-order valence-electron chi connectivity index (χ2n) is 7.32. The standard InChI is InChI=1S/C17H24ClN5O2/c1-11-12(2)23-15(19-11)13(10-14(18)20-23)21-6-8-22(9-7-21)16(24)25-17(3,4)5/h10H,6-9H2,1-5H3. The second-order valence-corrected chi connectivity index (χ2v) is 7.71. The van der Waals surface area contributed by atoms with Gasteiger partial charge in [-0.3, -0.25) is 0 Å². The highest BCUT2D eigenvalue weighted by Gasteiger charge is 2.27. The molecular formula is C17H24ClN5O2. The molecule has 2 aromatic rings. The molecule has 0 spiro atoms. The summed E-state index contributed by atoms with van der Waals surface area (Å²) in [6.45, 7) is 12.1. The lowest BCUT2D eigenvalue weighted by Gasteiger charge is -2.36. The first-order valence-corrected chi connectivity index (χ1v) is 8.79. The molecule has 0 radical (unpaired) electrons. The number of carbonyl (C=O) groups excluding carboxylic acids is 1. The van der Waals surface area contributed by atoms with Crippen molar-refractivity contribution < 1.29 is 9.53 Å². The minimum atomic E-state index is -0.482. The van der Waals surface area contributed by atoms with E-state index in [2.05, 4.69) is 15.0 Å². The SMILES string of the molecule is Cc1nc2c(N3CCN(C(=O)OC(C)(C)C)CC3)cc(Cl)nn2c1C. The Morgan fingerprint density at radius 1 is 1.20 bits per heavy atom. The third-order valence-corrected chi connectivity index (χ3v) is 4.45. The lowest BCUT2D eigenvalue weighted by molar-refractivity contribution is 0.0240. The Hall–Kier alpha value is -2.02. The van der Waals surface area contributed by atoms with Gasteiger partial charge < -0.3 is 14.5 Å². The Kier molecular flexibility index (Phi) is 4.53. The number of fused-ring (bicyclic) bond motifs is 1. The second kappa shape index (κ2) is 6.37. The zero-order chi connectivity index (χ0) is 18.4. The van der Waals surface area contributed by atoms with E-state index < -0.39 is 5.60 Å². The summed E-state index contributed by atoms with van der Waals surface area (Å²) in [5.41, 5.74) is 3.17. The summed E-state index contributed by atoms with van der Waals surface area (Å²) in [5, 5.41) is 4.77. The van der Waals surface area contributed by atoms with Crippen molar-refractivity contribution in [1.82, 2.24) is 19.5 Å². The van der Waals surface area contributed by atoms with Gasteiger partial charge in [0.15, 0.2) is 10.8 Å². The summed E-state index contributed by atoms with van der Waals surface area (Å²) < 4.78 is 7.23. The molecule has 8 heteroatoms. The molecule has 25 heavy (non-hydrogen) atoms. The Bertz CT molecular complexity index is 803. The van der Waals surface area contributed by atoms with Gasteiger partial charge >= 0.3 is 6.09 Å². The van der Waals surface area contributed by atoms with Gasteiger partial charge in [0.25, 0.3) is 0 Å². The zero-order valence-electron chi connectivity index (χ0n) is 15.3. The number of anilines is 1. The molecule has 0 aliphatic carbocycles. The Labute approximate surface area is 152 Å². The van der Waals surface area contributed by atoms with Crippen LogP contribution in [-0.4, -0.2) is 57.4 Å². The fourth-order valence-corrected chi connectivity index (χ4v) is 3.06. The minimum absolute atomic E-state index is 0.266. The first-order valence-electron chi connectivity index (χ1n) is 8.41. The number of carbonyl (C=O) groups is 1. The summed E-state index contributed by atoms with van der Waals surface area (Å²) >= 11 is 6.21. The average molecular weight is 366 g/mol. The number of piperazine rings is 1. The fourth-order valence-electron chi connectivity index (χ4n) is 2.88. The van der Waals surface area contributed by atoms with Crippen LogP contribution < -0.4 is 4.90 Å². The molecule has 1 amide bonds. The van der Waals surface area contributed by atoms with Crippen molar-refractivity contribution in [3.63, 3.8) is 0 Å². The molecule has 1 aliphatic heterocycles. The Balaban J connectivity index is 1.79. The van der Waals surface area contributed by atoms with E-state index in [0.717, 1.165) is 22.7 Å². The van der Waals surface area contributed by atoms with Crippen LogP contribution in [0.25, 0.3) is 5.65 Å². The van der Waals surface area contributed by atoms with E-state index in [4.69, 9.17) is 16.3 Å². The van der Waals surface area contributed by atoms with Gasteiger partial charge in [0, 0.05) is 32.2 Å². The van der Waals surface area contributed by atoms with E-state index in [0.29, 0.717) is 31.3 Å². The van der Waals surface area contributed by atoms with Crippen LogP contribution in [0.1, 0.15) is 32.2 Å². The third-order valence-electron chi connectivity index (χ3n) is 4.27. The maximum atomic E-state index is 12.2. The number of hydrogen-bond donors (Lipinski definition) is 0. The van der Waals surface area contributed by atoms with Gasteiger partial charge in [0.2, 0.25) is 0 Å². The van der Waals surface area contributed by atoms with E-state index in [1.54, 1.807) is 9.42 Å². The van der Waals surface area contributed by atoms with Gasteiger partial charge in [-0.1, -0.05) is 11.6 Å². The molecule has 0 N–H and O–H groups in total. The van der Waals surface area contributed by atoms with E-state index in [-0.39, 0.29) is 6.09 Å². The Morgan fingerprint density at radius 3 is 2.44 bits per heavy atom. The van der Waals surface area contributed by atoms with Gasteiger partial charge in [-0.15, -0.1) is 0 Å². The summed E-state index contributed by atoms with van der Waals surface area (Å²) in [6.07, 6.45) is -0.266. The van der Waals surface area contributed by atoms with Gasteiger partial charge in [-0.05, 0) is 34.6 Å². The van der Waals surface area contributed by atoms with Crippen LogP contribution in [0.3, 0.4) is 0 Å². The molecule has 0 aromatic carbocycles. The topological polar surface area (TPSA) is 63.0 Å². The summed E-state index contributed by atoms with van der Waals surface area (Å²) in [6, 6.07) is 1.84. The molecule has 7 nitrogen and oxygen atoms in total. The predicted molar refractivity (Wildman–Crippen MR) is 97.5 cm³/mol. The van der Waals surface area contributed by atoms with Crippen LogP contribution >= 0.6 is 11.6 Å². The van der Waals surface area contributed by atoms with Gasteiger partial charge in [-0.2, -0.15) is 5.10 Å². The Morgan fingerprint density at radius 2 is 1.84 bits per heavy atom. The predicted octanol–water partition coefficient (Wildman–Crippen LogP) is 3.06. The van der Waals surface area contributed by atoms with Crippen molar-refractivity contribution >= 4 is 29.0 Å². The van der Waals surface area contributed by atoms with Crippen LogP contribution in [0.15, 0.2) is 6.07 Å². The highest BCUT2D eigenvalue weighted by atomic mass is 35.5. The molecule has 3 rings (SSSR count). The number of hydrogen-bond acceptors (Lipinski definition) is 5. The number of imidazole rings is 1. The number of aryl methyl sites for hydroxylation is 2. The number of ether oxygens (including phenoxy) is 1. The molecule has 0 saturated carbocycles. The van der Waals surface area contributed by atoms with Gasteiger partial charge in [-0.25, -0.2) is 14.3 Å². The van der Waals surface area contributed by atoms with E-state index in [1.165, 1.54) is 0 Å². The highest BCUT2D eigenvalue weighted by Crippen LogP contribution is 2.26. The minimum Gasteiger partial charge on any atom is -0.444 e. The van der Waals surface area contributed by atoms with Crippen molar-refractivity contribution in [1.29, 1.82) is 0 Å². The molecule has 0 bridgehead atoms. The maximum Gasteiger partial charge on any atom is 0.410 e. The molecule has 136 valence electrons. The van der Waals surface area contributed by atoms with Crippen LogP contribution in [0.5, 0.6) is 0 Å². The molecule has 3 heterocycles. The number of halogens is 1. The van der Waals surface area contributed by atoms with Crippen molar-refractivity contribution in [3.8, 4) is 0 Å². The molecule has 1 aliphatic rings. The smallest absolute Gasteiger partial charge is 0.410 e. The highest BCUT2D eigenvalue weighted by molar-refractivity contribution is 6.29. The average Bonchev–Trinajstić information content (AvgIpc) is 2.81. The van der Waals surface area contributed by atoms with Crippen LogP contribution in [0.2, 0.25) is 5.15 Å². The lowest BCUT2D eigenvalue weighted by atomic mass is 10.2. The zero-order valence-corrected chi connectivity index (χ0v) is 16.1. The van der Waals surface area contributed by atoms with Crippen molar-refractivity contribution in [2.75, 3.05) is 31.1 Å². The number of aromatic nitrogens is 3. The third kappa shape index (κ3) is 3.66. The van der Waals surface area contributed by atoms with Crippen LogP contribution in [0.4, 0.5) is 10.5 Å². The first kappa shape index (κ1) is 17.8. The molecule has 2 aromatic heterocycles. The number of nitrogens with zero attached hydrogens (tertiary/aromatic N) is 5. The van der Waals surface area contributed by atoms with Crippen molar-refractivity contribution in [3.05, 3.63) is 22.6 Å². The fraction of sp³-hybridized carbons (Fsp3) is 0.588. The molecule has 0 unspecified atom stereocenters. The summed E-state index contributed by atoms with van der Waals surface area (Å²) in [7, 11) is 0. The van der Waals surface area contributed by atoms with Crippen molar-refractivity contribution in [2.45, 2.75) is 40.2 Å². The molecule has 0 atom stereocenters. The monoisotopic (exact) mass is 365 g/mol. The number of amides is 1. The van der Waals surface area contributed by atoms with Gasteiger partial charge in [0.05, 0.1) is 17.1 Å². The largest absolute Gasteiger partial charge is 0.444 e. The van der Waals surface area contributed by atoms with E-state index in [1.807, 2.05) is 40.7 Å². The lowest BCUT2D eigenvalue weighted by Crippen LogP contribution is -2.50. The maximum absolute atomic E-state index is 12.2. The van der Waals surface area contributed by atoms with Crippen LogP contribution in [-0.2, 0) is 4.74 Å². The molecular weight excluding hydrogens is 342 g/mol. The van der Waals surface area contributed by atoms with Crippen LogP contribution in [0, 0.1) is 13.8 Å². The van der Waals surface area contributed by atoms with Gasteiger partial charge in [0.1, 0.15) is 5.60 Å². The number of rotatable bonds is 1. The van der Waals surface area contributed by atoms with Crippen molar-refractivity contribution in [2.24, 2.45) is 0 Å². The molecule has 1 saturated heterocycles. The normalized spacial score (nSPS) is 15.8. The van der Waals surface area contributed by atoms with E-state index in [9.17, 15) is 4.79 Å². The summed E-state index contributed by atoms with van der Waals surface area (Å²) in [5.74, 6) is 0. The first-order chi connectivity index (χ1) is 11.7. The van der Waals surface area contributed by atoms with E-state index >= 15 is 0 Å². The quantitative estimate of drug-likeness (QED) is 0.777. The summed E-state index contributed by atoms with van der Waals surface area (Å²) in [4.78, 5) is 20.8. The molecule has 1 fully saturated rings.